The summed E-state index contributed by atoms with van der Waals surface area (Å²) in [7, 11) is 1.75. The van der Waals surface area contributed by atoms with Gasteiger partial charge >= 0.3 is 0 Å². The highest BCUT2D eigenvalue weighted by Gasteiger charge is 2.26. The van der Waals surface area contributed by atoms with Crippen LogP contribution in [0.5, 0.6) is 0 Å². The lowest BCUT2D eigenvalue weighted by molar-refractivity contribution is 0.102. The number of hydrogen-bond acceptors (Lipinski definition) is 4. The molecule has 0 saturated heterocycles. The second-order valence-corrected chi connectivity index (χ2v) is 6.16. The maximum atomic E-state index is 12.8. The topological polar surface area (TPSA) is 57.8 Å². The zero-order valence-electron chi connectivity index (χ0n) is 13.6. The van der Waals surface area contributed by atoms with Crippen molar-refractivity contribution in [1.82, 2.24) is 5.01 Å². The van der Waals surface area contributed by atoms with Crippen LogP contribution in [0.15, 0.2) is 46.4 Å². The monoisotopic (exact) mass is 375 g/mol. The van der Waals surface area contributed by atoms with Crippen LogP contribution in [-0.4, -0.2) is 24.2 Å². The molecule has 7 heteroatoms. The second-order valence-electron chi connectivity index (χ2n) is 5.34. The van der Waals surface area contributed by atoms with Crippen molar-refractivity contribution in [3.05, 3.63) is 58.1 Å². The third-order valence-electron chi connectivity index (χ3n) is 3.72. The van der Waals surface area contributed by atoms with Crippen LogP contribution in [0.4, 0.5) is 5.69 Å². The summed E-state index contributed by atoms with van der Waals surface area (Å²) in [5.74, 6) is -0.322. The second kappa shape index (κ2) is 6.78. The van der Waals surface area contributed by atoms with Crippen LogP contribution in [0.2, 0.25) is 10.0 Å². The number of anilines is 1. The molecule has 1 N–H and O–H groups in total. The fraction of sp³-hybridized carbons (Fsp3) is 0.111. The first-order valence-corrected chi connectivity index (χ1v) is 8.20. The van der Waals surface area contributed by atoms with E-state index in [2.05, 4.69) is 17.0 Å². The van der Waals surface area contributed by atoms with Gasteiger partial charge in [0.1, 0.15) is 11.2 Å². The van der Waals surface area contributed by atoms with E-state index >= 15 is 0 Å². The number of carbonyl (C=O) groups excluding carboxylic acids is 1. The fourth-order valence-corrected chi connectivity index (χ4v) is 2.84. The molecule has 0 aliphatic rings. The van der Waals surface area contributed by atoms with Gasteiger partial charge < -0.3 is 9.73 Å². The zero-order valence-corrected chi connectivity index (χ0v) is 15.1. The predicted molar refractivity (Wildman–Crippen MR) is 103 cm³/mol. The van der Waals surface area contributed by atoms with Crippen molar-refractivity contribution in [3.8, 4) is 0 Å². The molecule has 0 unspecified atom stereocenters. The van der Waals surface area contributed by atoms with Crippen LogP contribution >= 0.6 is 23.2 Å². The van der Waals surface area contributed by atoms with E-state index in [1.807, 2.05) is 0 Å². The summed E-state index contributed by atoms with van der Waals surface area (Å²) < 4.78 is 5.65. The van der Waals surface area contributed by atoms with Crippen LogP contribution in [0.25, 0.3) is 16.9 Å². The molecular formula is C18H15Cl2N3O2. The Bertz CT molecular complexity index is 978. The highest BCUT2D eigenvalue weighted by atomic mass is 35.5. The van der Waals surface area contributed by atoms with E-state index < -0.39 is 0 Å². The highest BCUT2D eigenvalue weighted by Crippen LogP contribution is 2.35. The molecule has 5 nitrogen and oxygen atoms in total. The molecule has 0 atom stereocenters. The quantitative estimate of drug-likeness (QED) is 0.483. The number of fused-ring (bicyclic) bond motifs is 2. The molecule has 0 saturated carbocycles. The lowest BCUT2D eigenvalue weighted by Crippen LogP contribution is -2.16. The van der Waals surface area contributed by atoms with E-state index in [9.17, 15) is 4.79 Å². The van der Waals surface area contributed by atoms with Crippen molar-refractivity contribution in [2.24, 2.45) is 5.10 Å². The van der Waals surface area contributed by atoms with Gasteiger partial charge in [-0.2, -0.15) is 5.10 Å². The van der Waals surface area contributed by atoms with Crippen LogP contribution < -0.4 is 5.32 Å². The first-order valence-electron chi connectivity index (χ1n) is 7.45. The Balaban J connectivity index is 1.96. The maximum Gasteiger partial charge on any atom is 0.260 e. The Hall–Kier alpha value is -2.50. The van der Waals surface area contributed by atoms with Gasteiger partial charge in [-0.1, -0.05) is 29.8 Å². The molecule has 0 aliphatic heterocycles. The van der Waals surface area contributed by atoms with E-state index in [1.54, 1.807) is 55.5 Å². The SMILES string of the molecule is C=C(c1c(C(=O)Nc2ccc(Cl)c(Cl)c2)c2ccc1o2)N(C)/N=C\C. The molecule has 3 aromatic rings. The van der Waals surface area contributed by atoms with Crippen LogP contribution in [0.1, 0.15) is 22.8 Å². The number of rotatable bonds is 5. The molecule has 0 spiro atoms. The average molecular weight is 376 g/mol. The van der Waals surface area contributed by atoms with Crippen molar-refractivity contribution in [2.75, 3.05) is 12.4 Å². The van der Waals surface area contributed by atoms with E-state index in [-0.39, 0.29) is 5.91 Å². The minimum absolute atomic E-state index is 0.322. The molecule has 2 bridgehead atoms. The maximum absolute atomic E-state index is 12.8. The Kier molecular flexibility index (Phi) is 4.70. The van der Waals surface area contributed by atoms with Gasteiger partial charge in [0.05, 0.1) is 26.9 Å². The van der Waals surface area contributed by atoms with Crippen molar-refractivity contribution >= 4 is 57.9 Å². The number of benzene rings is 2. The summed E-state index contributed by atoms with van der Waals surface area (Å²) >= 11 is 11.9. The van der Waals surface area contributed by atoms with Gasteiger partial charge in [-0.15, -0.1) is 0 Å². The molecule has 0 aliphatic carbocycles. The lowest BCUT2D eigenvalue weighted by atomic mass is 10.0. The normalized spacial score (nSPS) is 11.4. The predicted octanol–water partition coefficient (Wildman–Crippen LogP) is 5.34. The molecule has 3 rings (SSSR count). The van der Waals surface area contributed by atoms with Crippen molar-refractivity contribution in [2.45, 2.75) is 6.92 Å². The van der Waals surface area contributed by atoms with E-state index in [1.165, 1.54) is 0 Å². The highest BCUT2D eigenvalue weighted by molar-refractivity contribution is 6.42. The zero-order chi connectivity index (χ0) is 18.1. The Labute approximate surface area is 154 Å². The van der Waals surface area contributed by atoms with Gasteiger partial charge in [0.2, 0.25) is 0 Å². The number of halogens is 2. The van der Waals surface area contributed by atoms with Crippen molar-refractivity contribution < 1.29 is 9.21 Å². The van der Waals surface area contributed by atoms with Gasteiger partial charge in [0.15, 0.2) is 0 Å². The number of hydrazone groups is 1. The van der Waals surface area contributed by atoms with Gasteiger partial charge in [-0.25, -0.2) is 0 Å². The standard InChI is InChI=1S/C18H15Cl2N3O2/c1-4-21-23(3)10(2)16-14-7-8-15(25-14)17(16)18(24)22-11-5-6-12(19)13(20)9-11/h4-9H,2H2,1,3H3,(H,22,24)/b21-4-. The molecular weight excluding hydrogens is 361 g/mol. The number of nitrogens with one attached hydrogen (secondary N) is 1. The van der Waals surface area contributed by atoms with E-state index in [0.29, 0.717) is 43.7 Å². The summed E-state index contributed by atoms with van der Waals surface area (Å²) in [5.41, 5.74) is 3.19. The summed E-state index contributed by atoms with van der Waals surface area (Å²) in [6.45, 7) is 5.83. The Morgan fingerprint density at radius 1 is 1.20 bits per heavy atom. The smallest absolute Gasteiger partial charge is 0.260 e. The fourth-order valence-electron chi connectivity index (χ4n) is 2.54. The van der Waals surface area contributed by atoms with Crippen molar-refractivity contribution in [1.29, 1.82) is 0 Å². The van der Waals surface area contributed by atoms with Crippen LogP contribution in [0.3, 0.4) is 0 Å². The summed E-state index contributed by atoms with van der Waals surface area (Å²) in [6.07, 6.45) is 1.64. The molecule has 128 valence electrons. The molecule has 0 fully saturated rings. The summed E-state index contributed by atoms with van der Waals surface area (Å²) in [5, 5.41) is 9.34. The number of nitrogens with zero attached hydrogens (tertiary/aromatic N) is 2. The first-order chi connectivity index (χ1) is 11.9. The molecule has 1 aromatic carbocycles. The molecule has 2 aromatic heterocycles. The molecule has 2 heterocycles. The number of hydrogen-bond donors (Lipinski definition) is 1. The molecule has 25 heavy (non-hydrogen) atoms. The van der Waals surface area contributed by atoms with Crippen molar-refractivity contribution in [3.63, 3.8) is 0 Å². The van der Waals surface area contributed by atoms with Gasteiger partial charge in [0.25, 0.3) is 5.91 Å². The summed E-state index contributed by atoms with van der Waals surface area (Å²) in [4.78, 5) is 12.8. The van der Waals surface area contributed by atoms with Gasteiger partial charge in [-0.05, 0) is 37.3 Å². The molecule has 0 radical (unpaired) electrons. The molecule has 1 amide bonds. The van der Waals surface area contributed by atoms with Crippen LogP contribution in [0, 0.1) is 0 Å². The van der Waals surface area contributed by atoms with Gasteiger partial charge in [-0.3, -0.25) is 9.80 Å². The van der Waals surface area contributed by atoms with Gasteiger partial charge in [0, 0.05) is 18.9 Å². The van der Waals surface area contributed by atoms with E-state index in [0.717, 1.165) is 0 Å². The van der Waals surface area contributed by atoms with Crippen LogP contribution in [-0.2, 0) is 0 Å². The minimum atomic E-state index is -0.322. The average Bonchev–Trinajstić information content (AvgIpc) is 3.18. The number of furan rings is 2. The number of carbonyl (C=O) groups is 1. The Morgan fingerprint density at radius 3 is 2.52 bits per heavy atom. The van der Waals surface area contributed by atoms with E-state index in [4.69, 9.17) is 27.6 Å². The number of amides is 1. The first kappa shape index (κ1) is 17.3. The third kappa shape index (κ3) is 3.21. The minimum Gasteiger partial charge on any atom is -0.456 e. The third-order valence-corrected chi connectivity index (χ3v) is 4.46. The summed E-state index contributed by atoms with van der Waals surface area (Å²) in [6, 6.07) is 8.44. The largest absolute Gasteiger partial charge is 0.456 e. The Morgan fingerprint density at radius 2 is 1.88 bits per heavy atom. The lowest BCUT2D eigenvalue weighted by Gasteiger charge is -2.16.